The van der Waals surface area contributed by atoms with E-state index in [1.54, 1.807) is 0 Å². The first kappa shape index (κ1) is 20.4. The molecule has 5 nitrogen and oxygen atoms in total. The summed E-state index contributed by atoms with van der Waals surface area (Å²) in [6, 6.07) is 16.2. The molecule has 0 bridgehead atoms. The zero-order valence-corrected chi connectivity index (χ0v) is 17.6. The molecule has 6 heteroatoms. The molecule has 1 unspecified atom stereocenters. The predicted octanol–water partition coefficient (Wildman–Crippen LogP) is 4.44. The van der Waals surface area contributed by atoms with Crippen LogP contribution < -0.4 is 10.6 Å². The number of hydrogen-bond acceptors (Lipinski definition) is 2. The number of carbonyl (C=O) groups excluding carboxylic acids is 2. The van der Waals surface area contributed by atoms with Gasteiger partial charge >= 0.3 is 6.03 Å². The summed E-state index contributed by atoms with van der Waals surface area (Å²) < 4.78 is 0.793. The summed E-state index contributed by atoms with van der Waals surface area (Å²) in [4.78, 5) is 27.6. The number of amides is 3. The van der Waals surface area contributed by atoms with Crippen LogP contribution in [0.3, 0.4) is 0 Å². The molecular formula is C22H26BrN3O2. The van der Waals surface area contributed by atoms with Crippen molar-refractivity contribution in [2.75, 3.05) is 18.4 Å². The Morgan fingerprint density at radius 3 is 2.39 bits per heavy atom. The average Bonchev–Trinajstić information content (AvgIpc) is 2.70. The monoisotopic (exact) mass is 443 g/mol. The maximum absolute atomic E-state index is 13.1. The van der Waals surface area contributed by atoms with Crippen molar-refractivity contribution in [3.63, 3.8) is 0 Å². The first-order valence-corrected chi connectivity index (χ1v) is 10.5. The number of carbonyl (C=O) groups is 2. The highest BCUT2D eigenvalue weighted by atomic mass is 79.9. The average molecular weight is 444 g/mol. The highest BCUT2D eigenvalue weighted by Gasteiger charge is 2.28. The van der Waals surface area contributed by atoms with Gasteiger partial charge in [0, 0.05) is 24.0 Å². The Balaban J connectivity index is 1.71. The number of benzene rings is 2. The molecule has 1 heterocycles. The van der Waals surface area contributed by atoms with Gasteiger partial charge in [-0.1, -0.05) is 49.4 Å². The van der Waals surface area contributed by atoms with Gasteiger partial charge < -0.3 is 15.5 Å². The Kier molecular flexibility index (Phi) is 7.09. The Bertz CT molecular complexity index is 804. The number of rotatable bonds is 5. The van der Waals surface area contributed by atoms with Crippen LogP contribution in [0.25, 0.3) is 0 Å². The summed E-state index contributed by atoms with van der Waals surface area (Å²) in [5.74, 6) is 0.626. The second-order valence-corrected chi connectivity index (χ2v) is 8.18. The summed E-state index contributed by atoms with van der Waals surface area (Å²) >= 11 is 3.42. The van der Waals surface area contributed by atoms with Crippen LogP contribution in [-0.2, 0) is 11.2 Å². The summed E-state index contributed by atoms with van der Waals surface area (Å²) in [5.41, 5.74) is 1.69. The van der Waals surface area contributed by atoms with Crippen molar-refractivity contribution >= 4 is 33.6 Å². The van der Waals surface area contributed by atoms with Gasteiger partial charge in [0.15, 0.2) is 0 Å². The minimum Gasteiger partial charge on any atom is -0.341 e. The molecule has 0 aromatic heterocycles. The lowest BCUT2D eigenvalue weighted by Gasteiger charge is -2.33. The van der Waals surface area contributed by atoms with E-state index in [0.29, 0.717) is 18.0 Å². The number of piperidine rings is 1. The van der Waals surface area contributed by atoms with Crippen molar-refractivity contribution in [2.24, 2.45) is 5.92 Å². The summed E-state index contributed by atoms with van der Waals surface area (Å²) in [6.45, 7) is 3.71. The molecule has 3 rings (SSSR count). The van der Waals surface area contributed by atoms with Gasteiger partial charge in [-0.05, 0) is 52.4 Å². The number of anilines is 1. The van der Waals surface area contributed by atoms with Gasteiger partial charge in [-0.3, -0.25) is 4.79 Å². The second kappa shape index (κ2) is 9.73. The fraction of sp³-hybridized carbons (Fsp3) is 0.364. The van der Waals surface area contributed by atoms with Crippen molar-refractivity contribution in [1.82, 2.24) is 10.2 Å². The van der Waals surface area contributed by atoms with Crippen molar-refractivity contribution in [3.05, 3.63) is 64.6 Å². The van der Waals surface area contributed by atoms with Crippen LogP contribution in [-0.4, -0.2) is 36.0 Å². The molecule has 1 saturated heterocycles. The zero-order chi connectivity index (χ0) is 19.9. The van der Waals surface area contributed by atoms with Gasteiger partial charge in [-0.2, -0.15) is 0 Å². The van der Waals surface area contributed by atoms with E-state index >= 15 is 0 Å². The van der Waals surface area contributed by atoms with Crippen LogP contribution in [0.1, 0.15) is 25.3 Å². The van der Waals surface area contributed by atoms with E-state index in [2.05, 4.69) is 33.5 Å². The van der Waals surface area contributed by atoms with Crippen LogP contribution in [0, 0.1) is 5.92 Å². The number of para-hydroxylation sites is 1. The Hall–Kier alpha value is -2.34. The molecule has 2 aromatic carbocycles. The van der Waals surface area contributed by atoms with Crippen LogP contribution in [0.4, 0.5) is 10.5 Å². The summed E-state index contributed by atoms with van der Waals surface area (Å²) in [7, 11) is 0. The van der Waals surface area contributed by atoms with Crippen LogP contribution >= 0.6 is 15.9 Å². The van der Waals surface area contributed by atoms with Crippen LogP contribution in [0.5, 0.6) is 0 Å². The molecule has 0 spiro atoms. The van der Waals surface area contributed by atoms with Crippen molar-refractivity contribution < 1.29 is 9.59 Å². The molecule has 1 aliphatic rings. The molecule has 2 aromatic rings. The third kappa shape index (κ3) is 5.58. The van der Waals surface area contributed by atoms with E-state index in [4.69, 9.17) is 0 Å². The molecule has 2 N–H and O–H groups in total. The van der Waals surface area contributed by atoms with Gasteiger partial charge in [0.2, 0.25) is 5.91 Å². The molecule has 28 heavy (non-hydrogen) atoms. The highest BCUT2D eigenvalue weighted by molar-refractivity contribution is 9.10. The molecule has 0 aliphatic carbocycles. The third-order valence-electron chi connectivity index (χ3n) is 5.10. The SMILES string of the molecule is CC1CCN(C(=O)C(Cc2ccccc2)NC(=O)Nc2ccccc2Br)CC1. The first-order chi connectivity index (χ1) is 13.5. The van der Waals surface area contributed by atoms with Crippen LogP contribution in [0.2, 0.25) is 0 Å². The normalized spacial score (nSPS) is 15.7. The number of hydrogen-bond donors (Lipinski definition) is 2. The molecule has 3 amide bonds. The minimum absolute atomic E-state index is 0.0157. The summed E-state index contributed by atoms with van der Waals surface area (Å²) in [5, 5.41) is 5.71. The van der Waals surface area contributed by atoms with E-state index in [1.165, 1.54) is 0 Å². The van der Waals surface area contributed by atoms with Crippen molar-refractivity contribution in [1.29, 1.82) is 0 Å². The Labute approximate surface area is 174 Å². The van der Waals surface area contributed by atoms with E-state index in [0.717, 1.165) is 36.0 Å². The highest BCUT2D eigenvalue weighted by Crippen LogP contribution is 2.21. The van der Waals surface area contributed by atoms with Gasteiger partial charge in [0.05, 0.1) is 5.69 Å². The Morgan fingerprint density at radius 2 is 1.71 bits per heavy atom. The Morgan fingerprint density at radius 1 is 1.07 bits per heavy atom. The quantitative estimate of drug-likeness (QED) is 0.717. The smallest absolute Gasteiger partial charge is 0.319 e. The van der Waals surface area contributed by atoms with E-state index < -0.39 is 6.04 Å². The van der Waals surface area contributed by atoms with Crippen molar-refractivity contribution in [3.8, 4) is 0 Å². The van der Waals surface area contributed by atoms with Crippen molar-refractivity contribution in [2.45, 2.75) is 32.2 Å². The zero-order valence-electron chi connectivity index (χ0n) is 16.0. The maximum atomic E-state index is 13.1. The fourth-order valence-electron chi connectivity index (χ4n) is 3.38. The van der Waals surface area contributed by atoms with Gasteiger partial charge in [-0.25, -0.2) is 4.79 Å². The summed E-state index contributed by atoms with van der Waals surface area (Å²) in [6.07, 6.45) is 2.48. The lowest BCUT2D eigenvalue weighted by molar-refractivity contribution is -0.134. The number of nitrogens with zero attached hydrogens (tertiary/aromatic N) is 1. The van der Waals surface area contributed by atoms with E-state index in [1.807, 2.05) is 59.5 Å². The van der Waals surface area contributed by atoms with Crippen LogP contribution in [0.15, 0.2) is 59.1 Å². The number of nitrogens with one attached hydrogen (secondary N) is 2. The third-order valence-corrected chi connectivity index (χ3v) is 5.79. The standard InChI is InChI=1S/C22H26BrN3O2/c1-16-11-13-26(14-12-16)21(27)20(15-17-7-3-2-4-8-17)25-22(28)24-19-10-6-5-9-18(19)23/h2-10,16,20H,11-15H2,1H3,(H2,24,25,28). The topological polar surface area (TPSA) is 61.4 Å². The van der Waals surface area contributed by atoms with Gasteiger partial charge in [0.1, 0.15) is 6.04 Å². The fourth-order valence-corrected chi connectivity index (χ4v) is 3.76. The van der Waals surface area contributed by atoms with Gasteiger partial charge in [-0.15, -0.1) is 0 Å². The van der Waals surface area contributed by atoms with Gasteiger partial charge in [0.25, 0.3) is 0 Å². The second-order valence-electron chi connectivity index (χ2n) is 7.33. The number of urea groups is 1. The molecule has 1 atom stereocenters. The number of halogens is 1. The van der Waals surface area contributed by atoms with E-state index in [9.17, 15) is 9.59 Å². The molecule has 1 aliphatic heterocycles. The molecular weight excluding hydrogens is 418 g/mol. The molecule has 0 radical (unpaired) electrons. The van der Waals surface area contributed by atoms with E-state index in [-0.39, 0.29) is 11.9 Å². The lowest BCUT2D eigenvalue weighted by Crippen LogP contribution is -2.52. The number of likely N-dealkylation sites (tertiary alicyclic amines) is 1. The maximum Gasteiger partial charge on any atom is 0.319 e. The molecule has 1 fully saturated rings. The lowest BCUT2D eigenvalue weighted by atomic mass is 9.97. The minimum atomic E-state index is -0.599. The molecule has 148 valence electrons. The first-order valence-electron chi connectivity index (χ1n) is 9.67. The largest absolute Gasteiger partial charge is 0.341 e. The molecule has 0 saturated carbocycles. The predicted molar refractivity (Wildman–Crippen MR) is 115 cm³/mol.